The molecule has 0 saturated carbocycles. The van der Waals surface area contributed by atoms with E-state index in [-0.39, 0.29) is 0 Å². The quantitative estimate of drug-likeness (QED) is 0.778. The van der Waals surface area contributed by atoms with E-state index in [1.807, 2.05) is 12.1 Å². The first kappa shape index (κ1) is 17.0. The summed E-state index contributed by atoms with van der Waals surface area (Å²) in [5.41, 5.74) is 2.69. The molecule has 2 aliphatic heterocycles. The molecule has 4 heteroatoms. The molecular weight excluding hydrogens is 332 g/mol. The summed E-state index contributed by atoms with van der Waals surface area (Å²) in [6, 6.07) is 19.5. The molecule has 2 aliphatic rings. The lowest BCUT2D eigenvalue weighted by Crippen LogP contribution is -2.63. The third-order valence-electron chi connectivity index (χ3n) is 5.81. The summed E-state index contributed by atoms with van der Waals surface area (Å²) in [6.07, 6.45) is 0. The molecule has 4 rings (SSSR count). The van der Waals surface area contributed by atoms with Gasteiger partial charge in [0.2, 0.25) is 0 Å². The summed E-state index contributed by atoms with van der Waals surface area (Å²) in [5, 5.41) is 0.798. The van der Waals surface area contributed by atoms with Gasteiger partial charge in [-0.05, 0) is 23.3 Å². The maximum atomic E-state index is 6.12. The molecule has 2 aromatic carbocycles. The van der Waals surface area contributed by atoms with Crippen LogP contribution < -0.4 is 0 Å². The molecule has 2 heterocycles. The Morgan fingerprint density at radius 2 is 1.40 bits per heavy atom. The number of hydrogen-bond acceptors (Lipinski definition) is 2. The van der Waals surface area contributed by atoms with Gasteiger partial charge in [0.15, 0.2) is 0 Å². The SMILES string of the molecule is Clc1ccc(C(c2ccccc2)N2CC[N+]3(CCOCC3)CC2)cc1. The molecule has 0 aliphatic carbocycles. The van der Waals surface area contributed by atoms with Crippen molar-refractivity contribution in [3.05, 3.63) is 70.7 Å². The van der Waals surface area contributed by atoms with Gasteiger partial charge in [0.05, 0.1) is 32.3 Å². The molecule has 2 saturated heterocycles. The van der Waals surface area contributed by atoms with Crippen molar-refractivity contribution in [1.82, 2.24) is 4.90 Å². The lowest BCUT2D eigenvalue weighted by Gasteiger charge is -2.48. The van der Waals surface area contributed by atoms with Crippen molar-refractivity contribution in [2.24, 2.45) is 0 Å². The van der Waals surface area contributed by atoms with Gasteiger partial charge in [0, 0.05) is 18.1 Å². The average Bonchev–Trinajstić information content (AvgIpc) is 2.67. The highest BCUT2D eigenvalue weighted by Crippen LogP contribution is 2.31. The highest BCUT2D eigenvalue weighted by Gasteiger charge is 2.37. The Balaban J connectivity index is 1.58. The van der Waals surface area contributed by atoms with Gasteiger partial charge >= 0.3 is 0 Å². The third-order valence-corrected chi connectivity index (χ3v) is 6.06. The molecule has 0 bridgehead atoms. The van der Waals surface area contributed by atoms with Gasteiger partial charge in [-0.1, -0.05) is 54.1 Å². The number of piperazine rings is 1. The first-order valence-electron chi connectivity index (χ1n) is 9.23. The zero-order valence-electron chi connectivity index (χ0n) is 14.6. The molecule has 0 aromatic heterocycles. The van der Waals surface area contributed by atoms with Gasteiger partial charge in [-0.15, -0.1) is 0 Å². The van der Waals surface area contributed by atoms with Gasteiger partial charge in [0.25, 0.3) is 0 Å². The molecule has 0 amide bonds. The van der Waals surface area contributed by atoms with E-state index in [0.717, 1.165) is 31.3 Å². The Hall–Kier alpha value is -1.39. The first-order chi connectivity index (χ1) is 12.3. The van der Waals surface area contributed by atoms with Crippen molar-refractivity contribution in [3.8, 4) is 0 Å². The summed E-state index contributed by atoms with van der Waals surface area (Å²) in [4.78, 5) is 2.64. The lowest BCUT2D eigenvalue weighted by molar-refractivity contribution is -0.939. The Morgan fingerprint density at radius 3 is 2.04 bits per heavy atom. The van der Waals surface area contributed by atoms with E-state index >= 15 is 0 Å². The Bertz CT molecular complexity index is 673. The van der Waals surface area contributed by atoms with E-state index in [1.165, 1.54) is 41.8 Å². The Kier molecular flexibility index (Phi) is 5.09. The van der Waals surface area contributed by atoms with Gasteiger partial charge in [-0.3, -0.25) is 4.90 Å². The summed E-state index contributed by atoms with van der Waals surface area (Å²) in [6.45, 7) is 8.87. The van der Waals surface area contributed by atoms with Crippen LogP contribution in [-0.4, -0.2) is 61.9 Å². The molecule has 2 fully saturated rings. The Labute approximate surface area is 155 Å². The number of rotatable bonds is 3. The van der Waals surface area contributed by atoms with E-state index in [0.29, 0.717) is 6.04 Å². The van der Waals surface area contributed by atoms with Gasteiger partial charge in [-0.25, -0.2) is 0 Å². The zero-order valence-corrected chi connectivity index (χ0v) is 15.4. The number of quaternary nitrogens is 1. The minimum absolute atomic E-state index is 0.305. The van der Waals surface area contributed by atoms with Gasteiger partial charge in [-0.2, -0.15) is 0 Å². The minimum Gasteiger partial charge on any atom is -0.370 e. The van der Waals surface area contributed by atoms with E-state index < -0.39 is 0 Å². The predicted molar refractivity (Wildman–Crippen MR) is 102 cm³/mol. The molecule has 0 N–H and O–H groups in total. The summed E-state index contributed by atoms with van der Waals surface area (Å²) < 4.78 is 6.81. The smallest absolute Gasteiger partial charge is 0.103 e. The molecule has 132 valence electrons. The van der Waals surface area contributed by atoms with Crippen LogP contribution in [0.2, 0.25) is 5.02 Å². The molecule has 3 nitrogen and oxygen atoms in total. The van der Waals surface area contributed by atoms with E-state index in [2.05, 4.69) is 47.4 Å². The topological polar surface area (TPSA) is 12.5 Å². The molecular formula is C21H26ClN2O+. The summed E-state index contributed by atoms with van der Waals surface area (Å²) in [7, 11) is 0. The van der Waals surface area contributed by atoms with Crippen molar-refractivity contribution < 1.29 is 9.22 Å². The fourth-order valence-corrected chi connectivity index (χ4v) is 4.36. The number of nitrogens with zero attached hydrogens (tertiary/aromatic N) is 2. The minimum atomic E-state index is 0.305. The number of hydrogen-bond donors (Lipinski definition) is 0. The van der Waals surface area contributed by atoms with Gasteiger partial charge in [0.1, 0.15) is 13.1 Å². The maximum absolute atomic E-state index is 6.12. The normalized spacial score (nSPS) is 22.0. The van der Waals surface area contributed by atoms with Crippen LogP contribution in [0.4, 0.5) is 0 Å². The third kappa shape index (κ3) is 3.75. The Morgan fingerprint density at radius 1 is 0.800 bits per heavy atom. The van der Waals surface area contributed by atoms with Crippen molar-refractivity contribution in [2.75, 3.05) is 52.5 Å². The highest BCUT2D eigenvalue weighted by molar-refractivity contribution is 6.30. The van der Waals surface area contributed by atoms with E-state index in [4.69, 9.17) is 16.3 Å². The van der Waals surface area contributed by atoms with Crippen LogP contribution in [0.15, 0.2) is 54.6 Å². The van der Waals surface area contributed by atoms with E-state index in [1.54, 1.807) is 0 Å². The molecule has 0 radical (unpaired) electrons. The van der Waals surface area contributed by atoms with E-state index in [9.17, 15) is 0 Å². The highest BCUT2D eigenvalue weighted by atomic mass is 35.5. The van der Waals surface area contributed by atoms with Crippen LogP contribution in [0.25, 0.3) is 0 Å². The van der Waals surface area contributed by atoms with Crippen LogP contribution in [-0.2, 0) is 4.74 Å². The molecule has 1 unspecified atom stereocenters. The largest absolute Gasteiger partial charge is 0.370 e. The average molecular weight is 358 g/mol. The summed E-state index contributed by atoms with van der Waals surface area (Å²) >= 11 is 6.12. The first-order valence-corrected chi connectivity index (χ1v) is 9.61. The fraction of sp³-hybridized carbons (Fsp3) is 0.429. The van der Waals surface area contributed by atoms with Crippen LogP contribution in [0.1, 0.15) is 17.2 Å². The van der Waals surface area contributed by atoms with Crippen molar-refractivity contribution >= 4 is 11.6 Å². The van der Waals surface area contributed by atoms with Crippen LogP contribution >= 0.6 is 11.6 Å². The summed E-state index contributed by atoms with van der Waals surface area (Å²) in [5.74, 6) is 0. The van der Waals surface area contributed by atoms with Crippen molar-refractivity contribution in [3.63, 3.8) is 0 Å². The number of morpholine rings is 1. The van der Waals surface area contributed by atoms with Crippen LogP contribution in [0.3, 0.4) is 0 Å². The van der Waals surface area contributed by atoms with Crippen LogP contribution in [0.5, 0.6) is 0 Å². The molecule has 25 heavy (non-hydrogen) atoms. The van der Waals surface area contributed by atoms with Crippen LogP contribution in [0, 0.1) is 0 Å². The second kappa shape index (κ2) is 7.46. The van der Waals surface area contributed by atoms with Crippen molar-refractivity contribution in [2.45, 2.75) is 6.04 Å². The monoisotopic (exact) mass is 357 g/mol. The number of ether oxygens (including phenoxy) is 1. The molecule has 2 aromatic rings. The second-order valence-corrected chi connectivity index (χ2v) is 7.69. The zero-order chi connectivity index (χ0) is 17.1. The number of benzene rings is 2. The number of halogens is 1. The second-order valence-electron chi connectivity index (χ2n) is 7.25. The predicted octanol–water partition coefficient (Wildman–Crippen LogP) is 3.59. The standard InChI is InChI=1S/C21H26ClN2O/c22-20-8-6-19(7-9-20)21(18-4-2-1-3-5-18)23-10-12-24(13-11-23)14-16-25-17-15-24/h1-9,21H,10-17H2/q+1. The maximum Gasteiger partial charge on any atom is 0.103 e. The van der Waals surface area contributed by atoms with Crippen molar-refractivity contribution in [1.29, 1.82) is 0 Å². The fourth-order valence-electron chi connectivity index (χ4n) is 4.23. The molecule has 1 atom stereocenters. The van der Waals surface area contributed by atoms with Gasteiger partial charge < -0.3 is 9.22 Å². The lowest BCUT2D eigenvalue weighted by atomic mass is 9.96. The molecule has 1 spiro atoms.